The highest BCUT2D eigenvalue weighted by molar-refractivity contribution is 5.89. The number of carbonyl (C=O) groups is 2. The fourth-order valence-corrected chi connectivity index (χ4v) is 2.43. The van der Waals surface area contributed by atoms with Crippen LogP contribution in [0.4, 0.5) is 4.39 Å². The van der Waals surface area contributed by atoms with Crippen LogP contribution >= 0.6 is 0 Å². The highest BCUT2D eigenvalue weighted by Gasteiger charge is 2.27. The summed E-state index contributed by atoms with van der Waals surface area (Å²) >= 11 is 0. The van der Waals surface area contributed by atoms with Crippen LogP contribution in [-0.4, -0.2) is 25.2 Å². The van der Waals surface area contributed by atoms with E-state index >= 15 is 0 Å². The molecule has 0 aliphatic rings. The lowest BCUT2D eigenvalue weighted by Crippen LogP contribution is -2.17. The maximum atomic E-state index is 13.3. The van der Waals surface area contributed by atoms with Crippen LogP contribution in [0.5, 0.6) is 0 Å². The first-order valence-electron chi connectivity index (χ1n) is 7.55. The summed E-state index contributed by atoms with van der Waals surface area (Å²) in [6.07, 6.45) is 1.74. The lowest BCUT2D eigenvalue weighted by Gasteiger charge is -2.14. The summed E-state index contributed by atoms with van der Waals surface area (Å²) in [5.41, 5.74) is 0.938. The predicted octanol–water partition coefficient (Wildman–Crippen LogP) is 3.56. The molecule has 1 aromatic carbocycles. The Kier molecular flexibility index (Phi) is 5.73. The summed E-state index contributed by atoms with van der Waals surface area (Å²) in [4.78, 5) is 23.8. The lowest BCUT2D eigenvalue weighted by molar-refractivity contribution is -0.146. The van der Waals surface area contributed by atoms with Gasteiger partial charge in [-0.05, 0) is 32.4 Å². The molecule has 0 radical (unpaired) electrons. The van der Waals surface area contributed by atoms with E-state index in [2.05, 4.69) is 0 Å². The van der Waals surface area contributed by atoms with Crippen molar-refractivity contribution in [2.45, 2.75) is 32.6 Å². The first-order valence-corrected chi connectivity index (χ1v) is 7.55. The van der Waals surface area contributed by atoms with Crippen molar-refractivity contribution in [1.29, 1.82) is 0 Å². The van der Waals surface area contributed by atoms with E-state index in [1.807, 2.05) is 0 Å². The highest BCUT2D eigenvalue weighted by atomic mass is 19.1. The summed E-state index contributed by atoms with van der Waals surface area (Å²) in [5, 5.41) is 0.633. The Morgan fingerprint density at radius 3 is 2.65 bits per heavy atom. The summed E-state index contributed by atoms with van der Waals surface area (Å²) in [7, 11) is 0. The van der Waals surface area contributed by atoms with E-state index in [0.717, 1.165) is 0 Å². The quantitative estimate of drug-likeness (QED) is 0.729. The van der Waals surface area contributed by atoms with Crippen LogP contribution in [-0.2, 0) is 19.1 Å². The van der Waals surface area contributed by atoms with Crippen LogP contribution in [0, 0.1) is 5.82 Å². The standard InChI is InChI=1S/C17H19FO5/c1-3-21-16(19)8-7-13(17(20)22-4-2)14-10-23-15-9-11(18)5-6-12(14)15/h5-6,9-10,13H,3-4,7-8H2,1-2H3. The Balaban J connectivity index is 2.27. The van der Waals surface area contributed by atoms with E-state index in [4.69, 9.17) is 13.9 Å². The van der Waals surface area contributed by atoms with Crippen LogP contribution < -0.4 is 0 Å². The minimum absolute atomic E-state index is 0.0885. The van der Waals surface area contributed by atoms with E-state index in [0.29, 0.717) is 16.5 Å². The molecule has 0 aliphatic carbocycles. The molecule has 2 aromatic rings. The van der Waals surface area contributed by atoms with Crippen LogP contribution in [0.15, 0.2) is 28.9 Å². The molecular weight excluding hydrogens is 303 g/mol. The Hall–Kier alpha value is -2.37. The van der Waals surface area contributed by atoms with Crippen LogP contribution in [0.1, 0.15) is 38.2 Å². The fraction of sp³-hybridized carbons (Fsp3) is 0.412. The van der Waals surface area contributed by atoms with Gasteiger partial charge in [-0.1, -0.05) is 0 Å². The summed E-state index contributed by atoms with van der Waals surface area (Å²) < 4.78 is 28.6. The molecule has 0 saturated heterocycles. The Labute approximate surface area is 133 Å². The summed E-state index contributed by atoms with van der Waals surface area (Å²) in [5.74, 6) is -1.90. The molecule has 0 bridgehead atoms. The molecule has 124 valence electrons. The Bertz CT molecular complexity index is 691. The van der Waals surface area contributed by atoms with Gasteiger partial charge in [0.25, 0.3) is 0 Å². The molecule has 1 unspecified atom stereocenters. The van der Waals surface area contributed by atoms with Gasteiger partial charge in [0.1, 0.15) is 11.4 Å². The minimum atomic E-state index is -0.661. The molecule has 0 spiro atoms. The van der Waals surface area contributed by atoms with Gasteiger partial charge in [0.2, 0.25) is 0 Å². The van der Waals surface area contributed by atoms with Gasteiger partial charge >= 0.3 is 11.9 Å². The average Bonchev–Trinajstić information content (AvgIpc) is 2.91. The average molecular weight is 322 g/mol. The third-order valence-electron chi connectivity index (χ3n) is 3.46. The van der Waals surface area contributed by atoms with Crippen LogP contribution in [0.25, 0.3) is 11.0 Å². The van der Waals surface area contributed by atoms with E-state index in [9.17, 15) is 14.0 Å². The Morgan fingerprint density at radius 1 is 1.22 bits per heavy atom. The van der Waals surface area contributed by atoms with Gasteiger partial charge in [0.05, 0.1) is 25.4 Å². The number of halogens is 1. The first-order chi connectivity index (χ1) is 11.1. The molecule has 5 nitrogen and oxygen atoms in total. The number of hydrogen-bond acceptors (Lipinski definition) is 5. The number of fused-ring (bicyclic) bond motifs is 1. The number of benzene rings is 1. The molecule has 0 fully saturated rings. The highest BCUT2D eigenvalue weighted by Crippen LogP contribution is 2.32. The zero-order valence-electron chi connectivity index (χ0n) is 13.1. The number of hydrogen-bond donors (Lipinski definition) is 0. The van der Waals surface area contributed by atoms with Gasteiger partial charge < -0.3 is 13.9 Å². The number of rotatable bonds is 7. The van der Waals surface area contributed by atoms with E-state index in [-0.39, 0.29) is 32.0 Å². The van der Waals surface area contributed by atoms with Crippen molar-refractivity contribution in [2.24, 2.45) is 0 Å². The topological polar surface area (TPSA) is 65.7 Å². The van der Waals surface area contributed by atoms with Crippen molar-refractivity contribution in [2.75, 3.05) is 13.2 Å². The van der Waals surface area contributed by atoms with Gasteiger partial charge in [-0.3, -0.25) is 9.59 Å². The maximum Gasteiger partial charge on any atom is 0.313 e. The molecule has 0 saturated carbocycles. The summed E-state index contributed by atoms with van der Waals surface area (Å²) in [6, 6.07) is 4.11. The normalized spacial score (nSPS) is 12.1. The Morgan fingerprint density at radius 2 is 1.96 bits per heavy atom. The number of esters is 2. The zero-order chi connectivity index (χ0) is 16.8. The van der Waals surface area contributed by atoms with Gasteiger partial charge in [0, 0.05) is 23.4 Å². The molecule has 6 heteroatoms. The number of furan rings is 1. The number of carbonyl (C=O) groups excluding carboxylic acids is 2. The van der Waals surface area contributed by atoms with Gasteiger partial charge in [-0.25, -0.2) is 4.39 Å². The first kappa shape index (κ1) is 17.0. The molecule has 2 rings (SSSR count). The van der Waals surface area contributed by atoms with Gasteiger partial charge in [0.15, 0.2) is 0 Å². The van der Waals surface area contributed by atoms with Gasteiger partial charge in [-0.15, -0.1) is 0 Å². The van der Waals surface area contributed by atoms with Crippen molar-refractivity contribution >= 4 is 22.9 Å². The SMILES string of the molecule is CCOC(=O)CCC(C(=O)OCC)c1coc2cc(F)ccc12. The minimum Gasteiger partial charge on any atom is -0.466 e. The second kappa shape index (κ2) is 7.76. The monoisotopic (exact) mass is 322 g/mol. The molecule has 0 N–H and O–H groups in total. The lowest BCUT2D eigenvalue weighted by atomic mass is 9.94. The predicted molar refractivity (Wildman–Crippen MR) is 81.4 cm³/mol. The molecule has 0 amide bonds. The zero-order valence-corrected chi connectivity index (χ0v) is 13.1. The molecule has 23 heavy (non-hydrogen) atoms. The van der Waals surface area contributed by atoms with Crippen molar-refractivity contribution in [1.82, 2.24) is 0 Å². The third kappa shape index (κ3) is 4.09. The van der Waals surface area contributed by atoms with Crippen molar-refractivity contribution < 1.29 is 27.9 Å². The number of ether oxygens (including phenoxy) is 2. The van der Waals surface area contributed by atoms with Crippen LogP contribution in [0.3, 0.4) is 0 Å². The molecule has 1 atom stereocenters. The molecule has 0 aliphatic heterocycles. The molecule has 1 aromatic heterocycles. The van der Waals surface area contributed by atoms with Crippen LogP contribution in [0.2, 0.25) is 0 Å². The second-order valence-electron chi connectivity index (χ2n) is 4.98. The van der Waals surface area contributed by atoms with E-state index < -0.39 is 17.7 Å². The third-order valence-corrected chi connectivity index (χ3v) is 3.46. The molecule has 1 heterocycles. The summed E-state index contributed by atoms with van der Waals surface area (Å²) in [6.45, 7) is 3.96. The second-order valence-corrected chi connectivity index (χ2v) is 4.98. The fourth-order valence-electron chi connectivity index (χ4n) is 2.43. The van der Waals surface area contributed by atoms with E-state index in [1.165, 1.54) is 18.4 Å². The van der Waals surface area contributed by atoms with Crippen molar-refractivity contribution in [3.63, 3.8) is 0 Å². The molecular formula is C17H19FO5. The van der Waals surface area contributed by atoms with Crippen molar-refractivity contribution in [3.05, 3.63) is 35.8 Å². The van der Waals surface area contributed by atoms with Gasteiger partial charge in [-0.2, -0.15) is 0 Å². The van der Waals surface area contributed by atoms with E-state index in [1.54, 1.807) is 19.9 Å². The largest absolute Gasteiger partial charge is 0.466 e. The van der Waals surface area contributed by atoms with Crippen molar-refractivity contribution in [3.8, 4) is 0 Å². The smallest absolute Gasteiger partial charge is 0.313 e. The maximum absolute atomic E-state index is 13.3.